The molecule has 4 rings (SSSR count). The predicted octanol–water partition coefficient (Wildman–Crippen LogP) is -5.24. The van der Waals surface area contributed by atoms with E-state index >= 15 is 9.59 Å². The first-order chi connectivity index (χ1) is 62.7. The maximum Gasteiger partial charge on any atom is 0.326 e. The standard InChI is InChI=1S/C87H130N24O22/c1-44(2)34-58(102-76(122)57(30-31-65(90)113)101-74(120)55(24-17-18-32-88)100-75(121)56(99-72(118)48(9)89)25-19-33-95-87(92)93)81(127)110-70(46(5)6)83(129)98-49(10)73(119)96-42-67(115)109-69(45(3)4)84(130)107-62(39-66(91)114)80(126)105-61(37-52-26-28-54(112)29-27-52)78(124)103-59(35-50-20-13-11-14-21-50)77(123)104-60(36-51-22-15-12-16-23-51)79(125)106-63(40-68(116)117)82(128)111-71(47(7)8)85(131)108-64(86(132)133)38-53-41-94-43-97-53/h11-16,20-23,26-29,41,43-49,55-64,69-71,112H,17-19,24-25,30-40,42,88-89H2,1-10H3,(H2,90,113)(H2,91,114)(H,94,97)(H,96,119)(H,98,129)(H,99,118)(H,100,121)(H,101,120)(H,102,122)(H,103,124)(H,104,123)(H,105,126)(H,106,125)(H,107,130)(H,108,131)(H,109,115)(H,110,127)(H,111,128)(H,116,117)(H,132,133)(H4,92,93,95)/t48-,49-,55-,56-,57-,58-,59-,60-,61-,62-,63-,64-,69-,70-,71-/m0/s1. The van der Waals surface area contributed by atoms with Gasteiger partial charge in [0.2, 0.25) is 100 Å². The highest BCUT2D eigenvalue weighted by Crippen LogP contribution is 2.18. The van der Waals surface area contributed by atoms with E-state index in [4.69, 9.17) is 34.1 Å². The number of rotatable bonds is 59. The Bertz CT molecular complexity index is 4620. The van der Waals surface area contributed by atoms with Gasteiger partial charge in [-0.25, -0.2) is 9.78 Å². The summed E-state index contributed by atoms with van der Waals surface area (Å²) in [6.07, 6.45) is -0.614. The number of nitrogens with one attached hydrogen (secondary N) is 18. The first-order valence-electron chi connectivity index (χ1n) is 43.6. The number of carbonyl (C=O) groups excluding carboxylic acids is 17. The minimum absolute atomic E-state index is 0.00479. The van der Waals surface area contributed by atoms with E-state index in [1.807, 2.05) is 0 Å². The molecule has 4 aromatic rings. The number of nitrogens with two attached hydrogens (primary N) is 5. The number of carboxylic acids is 2. The summed E-state index contributed by atoms with van der Waals surface area (Å²) in [6.45, 7) is 14.7. The molecule has 0 radical (unpaired) electrons. The molecule has 0 unspecified atom stereocenters. The van der Waals surface area contributed by atoms with Gasteiger partial charge in [-0.2, -0.15) is 0 Å². The second-order valence-corrected chi connectivity index (χ2v) is 33.6. The lowest BCUT2D eigenvalue weighted by molar-refractivity contribution is -0.143. The quantitative estimate of drug-likeness (QED) is 0.0112. The molecule has 0 spiro atoms. The summed E-state index contributed by atoms with van der Waals surface area (Å²) < 4.78 is 0. The number of H-pyrrole nitrogens is 1. The number of imidazole rings is 1. The normalized spacial score (nSPS) is 14.5. The van der Waals surface area contributed by atoms with Crippen LogP contribution in [-0.4, -0.2) is 254 Å². The average molecular weight is 1860 g/mol. The Morgan fingerprint density at radius 1 is 0.398 bits per heavy atom. The molecule has 1 heterocycles. The van der Waals surface area contributed by atoms with Crippen LogP contribution in [0.25, 0.3) is 0 Å². The zero-order valence-electron chi connectivity index (χ0n) is 76.2. The van der Waals surface area contributed by atoms with Gasteiger partial charge in [-0.15, -0.1) is 0 Å². The Hall–Kier alpha value is -14.2. The van der Waals surface area contributed by atoms with Gasteiger partial charge in [0.15, 0.2) is 5.96 Å². The number of carbonyl (C=O) groups is 19. The van der Waals surface area contributed by atoms with Crippen molar-refractivity contribution in [3.05, 3.63) is 120 Å². The van der Waals surface area contributed by atoms with Crippen LogP contribution >= 0.6 is 0 Å². The smallest absolute Gasteiger partial charge is 0.326 e. The number of unbranched alkanes of at least 4 members (excludes halogenated alkanes) is 1. The monoisotopic (exact) mass is 1860 g/mol. The number of carboxylic acid groups (broad SMARTS) is 2. The molecule has 0 aliphatic rings. The molecule has 46 nitrogen and oxygen atoms in total. The molecule has 0 saturated heterocycles. The van der Waals surface area contributed by atoms with Crippen LogP contribution in [0.2, 0.25) is 0 Å². The van der Waals surface area contributed by atoms with E-state index in [2.05, 4.69) is 95.0 Å². The third-order valence-electron chi connectivity index (χ3n) is 20.7. The van der Waals surface area contributed by atoms with Gasteiger partial charge >= 0.3 is 11.9 Å². The van der Waals surface area contributed by atoms with Crippen molar-refractivity contribution in [2.75, 3.05) is 19.6 Å². The molecule has 1 aromatic heterocycles. The van der Waals surface area contributed by atoms with E-state index in [1.54, 1.807) is 88.4 Å². The number of aliphatic carboxylic acids is 2. The average Bonchev–Trinajstić information content (AvgIpc) is 1.64. The van der Waals surface area contributed by atoms with Crippen molar-refractivity contribution in [3.8, 4) is 5.75 Å². The number of benzene rings is 3. The van der Waals surface area contributed by atoms with Crippen molar-refractivity contribution in [1.82, 2.24) is 95.0 Å². The molecule has 46 heteroatoms. The Morgan fingerprint density at radius 2 is 0.789 bits per heavy atom. The first-order valence-corrected chi connectivity index (χ1v) is 43.6. The van der Waals surface area contributed by atoms with Gasteiger partial charge < -0.3 is 134 Å². The number of phenols is 1. The molecule has 730 valence electrons. The summed E-state index contributed by atoms with van der Waals surface area (Å²) in [4.78, 5) is 269. The Kier molecular flexibility index (Phi) is 47.1. The zero-order chi connectivity index (χ0) is 99.5. The van der Waals surface area contributed by atoms with E-state index < -0.39 is 259 Å². The summed E-state index contributed by atoms with van der Waals surface area (Å²) in [5.41, 5.74) is 29.5. The number of hydrogen-bond acceptors (Lipinski definition) is 24. The van der Waals surface area contributed by atoms with Crippen molar-refractivity contribution in [3.63, 3.8) is 0 Å². The number of amides is 17. The van der Waals surface area contributed by atoms with Gasteiger partial charge in [0, 0.05) is 44.8 Å². The number of guanidine groups is 1. The molecule has 3 aromatic carbocycles. The van der Waals surface area contributed by atoms with Crippen LogP contribution in [0.4, 0.5) is 0 Å². The van der Waals surface area contributed by atoms with Crippen molar-refractivity contribution in [2.24, 2.45) is 52.3 Å². The second kappa shape index (κ2) is 56.4. The first kappa shape index (κ1) is 111. The van der Waals surface area contributed by atoms with Gasteiger partial charge in [-0.05, 0) is 118 Å². The number of primary amides is 2. The second-order valence-electron chi connectivity index (χ2n) is 33.6. The van der Waals surface area contributed by atoms with Crippen molar-refractivity contribution in [1.29, 1.82) is 5.41 Å². The molecule has 0 aliphatic heterocycles. The Labute approximate surface area is 769 Å². The summed E-state index contributed by atoms with van der Waals surface area (Å²) in [5.74, 6) is -23.0. The third kappa shape index (κ3) is 40.8. The highest BCUT2D eigenvalue weighted by molar-refractivity contribution is 6.02. The van der Waals surface area contributed by atoms with Crippen LogP contribution in [0, 0.1) is 29.1 Å². The molecule has 15 atom stereocenters. The van der Waals surface area contributed by atoms with Crippen LogP contribution in [0.1, 0.15) is 156 Å². The minimum Gasteiger partial charge on any atom is -0.508 e. The van der Waals surface area contributed by atoms with Gasteiger partial charge in [0.05, 0.1) is 37.4 Å². The molecule has 0 bridgehead atoms. The van der Waals surface area contributed by atoms with Crippen LogP contribution in [0.5, 0.6) is 5.75 Å². The lowest BCUT2D eigenvalue weighted by Gasteiger charge is -2.29. The summed E-state index contributed by atoms with van der Waals surface area (Å²) in [6, 6.07) is -1.51. The van der Waals surface area contributed by atoms with Crippen molar-refractivity contribution >= 4 is 118 Å². The Morgan fingerprint density at radius 3 is 1.22 bits per heavy atom. The fraction of sp³-hybridized carbons (Fsp3) is 0.529. The van der Waals surface area contributed by atoms with E-state index in [0.717, 1.165) is 0 Å². The maximum atomic E-state index is 15.1. The molecular weight excluding hydrogens is 1730 g/mol. The van der Waals surface area contributed by atoms with E-state index in [-0.39, 0.29) is 86.9 Å². The van der Waals surface area contributed by atoms with Crippen LogP contribution < -0.4 is 114 Å². The van der Waals surface area contributed by atoms with E-state index in [0.29, 0.717) is 24.0 Å². The van der Waals surface area contributed by atoms with Gasteiger partial charge in [-0.1, -0.05) is 128 Å². The number of phenolic OH excluding ortho intramolecular Hbond substituents is 1. The summed E-state index contributed by atoms with van der Waals surface area (Å²) in [5, 5.41) is 77.9. The molecule has 133 heavy (non-hydrogen) atoms. The van der Waals surface area contributed by atoms with Gasteiger partial charge in [0.25, 0.3) is 0 Å². The maximum absolute atomic E-state index is 15.1. The number of aromatic nitrogens is 2. The largest absolute Gasteiger partial charge is 0.508 e. The molecule has 17 amide bonds. The predicted molar refractivity (Wildman–Crippen MR) is 482 cm³/mol. The summed E-state index contributed by atoms with van der Waals surface area (Å²) in [7, 11) is 0. The van der Waals surface area contributed by atoms with Crippen LogP contribution in [0.15, 0.2) is 97.5 Å². The lowest BCUT2D eigenvalue weighted by Crippen LogP contribution is -2.62. The van der Waals surface area contributed by atoms with Gasteiger partial charge in [0.1, 0.15) is 90.3 Å². The number of aromatic amines is 1. The fourth-order valence-corrected chi connectivity index (χ4v) is 13.4. The number of hydrogen-bond donors (Lipinski definition) is 26. The molecular formula is C87H130N24O22. The van der Waals surface area contributed by atoms with E-state index in [9.17, 15) is 96.8 Å². The van der Waals surface area contributed by atoms with Crippen LogP contribution in [-0.2, 0) is 117 Å². The molecule has 31 N–H and O–H groups in total. The topological polar surface area (TPSA) is 760 Å². The van der Waals surface area contributed by atoms with Crippen molar-refractivity contribution < 1.29 is 106 Å². The highest BCUT2D eigenvalue weighted by atomic mass is 16.4. The van der Waals surface area contributed by atoms with Crippen LogP contribution in [0.3, 0.4) is 0 Å². The molecule has 0 fully saturated rings. The highest BCUT2D eigenvalue weighted by Gasteiger charge is 2.40. The fourth-order valence-electron chi connectivity index (χ4n) is 13.4. The van der Waals surface area contributed by atoms with Crippen molar-refractivity contribution in [2.45, 2.75) is 250 Å². The van der Waals surface area contributed by atoms with Gasteiger partial charge in [-0.3, -0.25) is 91.7 Å². The van der Waals surface area contributed by atoms with E-state index in [1.165, 1.54) is 78.3 Å². The molecule has 0 saturated carbocycles. The Balaban J connectivity index is 1.55. The zero-order valence-corrected chi connectivity index (χ0v) is 76.2. The SMILES string of the molecule is CC(C)C[C@H](NC(=O)[C@H](CCC(N)=O)NC(=O)[C@H](CCCCN)NC(=O)[C@H](CCCNC(=N)N)NC(=O)[C@H](C)N)C(=O)N[C@H](C(=O)N[C@@H](C)C(=O)NCC(=O)N[C@H](C(=O)N[C@@H](CC(N)=O)C(=O)N[C@@H](Cc1ccc(O)cc1)C(=O)N[C@@H](Cc1ccccc1)C(=O)N[C@@H](Cc1ccccc1)C(=O)N[C@@H](CC(=O)O)C(=O)N[C@H](C(=O)N[C@@H](Cc1c[nH]cn1)C(=O)O)C(C)C)C(C)C)C(C)C. The molecule has 0 aliphatic carbocycles. The summed E-state index contributed by atoms with van der Waals surface area (Å²) >= 11 is 0. The number of nitrogens with zero attached hydrogens (tertiary/aromatic N) is 1. The minimum atomic E-state index is -1.95. The third-order valence-corrected chi connectivity index (χ3v) is 20.7. The lowest BCUT2D eigenvalue weighted by atomic mass is 9.99. The number of aromatic hydroxyl groups is 1.